The Morgan fingerprint density at radius 3 is 2.33 bits per heavy atom. The van der Waals surface area contributed by atoms with Crippen LogP contribution in [0.2, 0.25) is 0 Å². The summed E-state index contributed by atoms with van der Waals surface area (Å²) in [5, 5.41) is 3.04. The van der Waals surface area contributed by atoms with E-state index in [2.05, 4.69) is 37.0 Å². The van der Waals surface area contributed by atoms with Gasteiger partial charge < -0.3 is 19.5 Å². The molecular weight excluding hydrogens is 569 g/mol. The summed E-state index contributed by atoms with van der Waals surface area (Å²) in [5.74, 6) is -2.38. The lowest BCUT2D eigenvalue weighted by molar-refractivity contribution is -0.147. The average Bonchev–Trinajstić information content (AvgIpc) is 3.37. The van der Waals surface area contributed by atoms with Crippen LogP contribution in [0.15, 0.2) is 36.5 Å². The summed E-state index contributed by atoms with van der Waals surface area (Å²) in [4.78, 5) is 16.6. The van der Waals surface area contributed by atoms with Crippen LogP contribution in [0.3, 0.4) is 0 Å². The fourth-order valence-corrected chi connectivity index (χ4v) is 5.33. The molecule has 1 aliphatic rings. The largest absolute Gasteiger partial charge is 0.493 e. The fraction of sp³-hybridized carbons (Fsp3) is 0.433. The van der Waals surface area contributed by atoms with Crippen LogP contribution >= 0.6 is 0 Å². The van der Waals surface area contributed by atoms with Crippen molar-refractivity contribution in [3.8, 4) is 17.0 Å². The van der Waals surface area contributed by atoms with Gasteiger partial charge >= 0.3 is 6.18 Å². The van der Waals surface area contributed by atoms with Crippen LogP contribution in [0.5, 0.6) is 5.75 Å². The molecule has 4 aromatic rings. The smallest absolute Gasteiger partial charge is 0.449 e. The van der Waals surface area contributed by atoms with E-state index in [1.165, 1.54) is 19.9 Å². The number of halogens is 5. The van der Waals surface area contributed by atoms with Gasteiger partial charge in [-0.15, -0.1) is 0 Å². The molecule has 13 heteroatoms. The Morgan fingerprint density at radius 1 is 0.953 bits per heavy atom. The second kappa shape index (κ2) is 12.4. The number of hydrogen-bond acceptors (Lipinski definition) is 7. The first-order chi connectivity index (χ1) is 20.5. The highest BCUT2D eigenvalue weighted by molar-refractivity contribution is 5.83. The lowest BCUT2D eigenvalue weighted by Gasteiger charge is -2.34. The number of anilines is 2. The van der Waals surface area contributed by atoms with Crippen molar-refractivity contribution < 1.29 is 26.7 Å². The van der Waals surface area contributed by atoms with Crippen molar-refractivity contribution in [2.24, 2.45) is 0 Å². The maximum Gasteiger partial charge on any atom is 0.449 e. The third kappa shape index (κ3) is 6.57. The van der Waals surface area contributed by atoms with Gasteiger partial charge in [-0.1, -0.05) is 13.0 Å². The normalized spacial score (nSPS) is 15.0. The van der Waals surface area contributed by atoms with E-state index in [1.807, 2.05) is 25.1 Å². The van der Waals surface area contributed by atoms with Crippen LogP contribution in [0.1, 0.15) is 45.1 Å². The number of fused-ring (bicyclic) bond motifs is 1. The summed E-state index contributed by atoms with van der Waals surface area (Å²) in [5.41, 5.74) is 0.747. The molecule has 43 heavy (non-hydrogen) atoms. The zero-order chi connectivity index (χ0) is 30.9. The van der Waals surface area contributed by atoms with Crippen LogP contribution in [0, 0.1) is 11.6 Å². The molecule has 1 saturated heterocycles. The molecule has 0 amide bonds. The highest BCUT2D eigenvalue weighted by Crippen LogP contribution is 2.37. The maximum atomic E-state index is 15.1. The number of likely N-dealkylation sites (N-methyl/N-ethyl adjacent to an activating group) is 1. The van der Waals surface area contributed by atoms with Gasteiger partial charge in [0.15, 0.2) is 11.6 Å². The number of nitrogens with one attached hydrogen (secondary N) is 1. The van der Waals surface area contributed by atoms with Crippen molar-refractivity contribution in [3.05, 3.63) is 59.6 Å². The number of alkyl halides is 3. The molecule has 2 aromatic carbocycles. The predicted molar refractivity (Wildman–Crippen MR) is 154 cm³/mol. The minimum Gasteiger partial charge on any atom is -0.493 e. The van der Waals surface area contributed by atoms with E-state index >= 15 is 4.39 Å². The minimum atomic E-state index is -4.80. The molecule has 0 radical (unpaired) electrons. The number of imidazole rings is 1. The van der Waals surface area contributed by atoms with E-state index < -0.39 is 35.2 Å². The summed E-state index contributed by atoms with van der Waals surface area (Å²) in [6.45, 7) is 13.3. The SMILES string of the molecule is CCOc1cc(Nc2ncc(F)c(-c3cc(F)c4nc(C(F)(F)F)n(C(C)C)c4c3)n2)ccc1CN1CCN(CC)CC1. The molecular formula is C30H34F5N7O. The molecule has 230 valence electrons. The Balaban J connectivity index is 1.44. The van der Waals surface area contributed by atoms with E-state index in [0.29, 0.717) is 18.0 Å². The number of hydrogen-bond donors (Lipinski definition) is 1. The molecule has 3 heterocycles. The molecule has 0 aliphatic carbocycles. The first kappa shape index (κ1) is 30.6. The van der Waals surface area contributed by atoms with Crippen molar-refractivity contribution >= 4 is 22.7 Å². The Bertz CT molecular complexity index is 1600. The fourth-order valence-electron chi connectivity index (χ4n) is 5.33. The van der Waals surface area contributed by atoms with Crippen molar-refractivity contribution in [1.29, 1.82) is 0 Å². The van der Waals surface area contributed by atoms with Crippen LogP contribution < -0.4 is 10.1 Å². The van der Waals surface area contributed by atoms with Crippen molar-refractivity contribution in [2.75, 3.05) is 44.6 Å². The van der Waals surface area contributed by atoms with Crippen molar-refractivity contribution in [3.63, 3.8) is 0 Å². The molecule has 0 saturated carbocycles. The number of rotatable bonds is 9. The van der Waals surface area contributed by atoms with Crippen molar-refractivity contribution in [2.45, 2.75) is 46.5 Å². The molecule has 1 N–H and O–H groups in total. The molecule has 2 aromatic heterocycles. The number of piperazine rings is 1. The number of ether oxygens (including phenoxy) is 1. The molecule has 0 spiro atoms. The monoisotopic (exact) mass is 603 g/mol. The highest BCUT2D eigenvalue weighted by atomic mass is 19.4. The standard InChI is InChI=1S/C30H34F5N7O/c1-5-40-9-11-41(12-10-40)17-19-7-8-21(15-25(19)43-6-2)37-29-36-16-23(32)26(39-29)20-13-22(31)27-24(14-20)42(18(3)4)28(38-27)30(33,34)35/h7-8,13-16,18H,5-6,9-12,17H2,1-4H3,(H,36,37,39). The number of nitrogens with zero attached hydrogens (tertiary/aromatic N) is 6. The first-order valence-electron chi connectivity index (χ1n) is 14.3. The minimum absolute atomic E-state index is 0.0242. The number of aromatic nitrogens is 4. The summed E-state index contributed by atoms with van der Waals surface area (Å²) in [6.07, 6.45) is -3.87. The summed E-state index contributed by atoms with van der Waals surface area (Å²) in [7, 11) is 0. The zero-order valence-corrected chi connectivity index (χ0v) is 24.5. The van der Waals surface area contributed by atoms with E-state index in [9.17, 15) is 17.6 Å². The van der Waals surface area contributed by atoms with Crippen LogP contribution in [0.25, 0.3) is 22.3 Å². The second-order valence-corrected chi connectivity index (χ2v) is 10.7. The summed E-state index contributed by atoms with van der Waals surface area (Å²) >= 11 is 0. The number of benzene rings is 2. The van der Waals surface area contributed by atoms with Gasteiger partial charge in [-0.3, -0.25) is 4.90 Å². The topological polar surface area (TPSA) is 71.3 Å². The molecule has 0 atom stereocenters. The third-order valence-electron chi connectivity index (χ3n) is 7.47. The van der Waals surface area contributed by atoms with Gasteiger partial charge in [0, 0.05) is 61.6 Å². The van der Waals surface area contributed by atoms with E-state index in [1.54, 1.807) is 0 Å². The van der Waals surface area contributed by atoms with E-state index in [0.717, 1.165) is 61.7 Å². The van der Waals surface area contributed by atoms with Crippen molar-refractivity contribution in [1.82, 2.24) is 29.3 Å². The lowest BCUT2D eigenvalue weighted by atomic mass is 10.1. The third-order valence-corrected chi connectivity index (χ3v) is 7.47. The van der Waals surface area contributed by atoms with Gasteiger partial charge in [-0.05, 0) is 45.5 Å². The van der Waals surface area contributed by atoms with Crippen LogP contribution in [-0.4, -0.2) is 68.6 Å². The quantitative estimate of drug-likeness (QED) is 0.215. The summed E-state index contributed by atoms with van der Waals surface area (Å²) < 4.78 is 77.8. The van der Waals surface area contributed by atoms with Gasteiger partial charge in [-0.25, -0.2) is 23.7 Å². The van der Waals surface area contributed by atoms with Crippen LogP contribution in [0.4, 0.5) is 33.6 Å². The first-order valence-corrected chi connectivity index (χ1v) is 14.3. The Hall–Kier alpha value is -3.84. The predicted octanol–water partition coefficient (Wildman–Crippen LogP) is 6.65. The average molecular weight is 604 g/mol. The van der Waals surface area contributed by atoms with Gasteiger partial charge in [0.25, 0.3) is 0 Å². The van der Waals surface area contributed by atoms with Gasteiger partial charge in [0.2, 0.25) is 11.8 Å². The molecule has 0 bridgehead atoms. The van der Waals surface area contributed by atoms with Gasteiger partial charge in [0.1, 0.15) is 17.0 Å². The van der Waals surface area contributed by atoms with Gasteiger partial charge in [-0.2, -0.15) is 13.2 Å². The summed E-state index contributed by atoms with van der Waals surface area (Å²) in [6, 6.07) is 7.12. The van der Waals surface area contributed by atoms with Gasteiger partial charge in [0.05, 0.1) is 18.3 Å². The van der Waals surface area contributed by atoms with E-state index in [4.69, 9.17) is 4.74 Å². The Kier molecular flexibility index (Phi) is 8.84. The maximum absolute atomic E-state index is 15.1. The Morgan fingerprint density at radius 2 is 1.67 bits per heavy atom. The zero-order valence-electron chi connectivity index (χ0n) is 24.5. The highest BCUT2D eigenvalue weighted by Gasteiger charge is 2.39. The lowest BCUT2D eigenvalue weighted by Crippen LogP contribution is -2.45. The van der Waals surface area contributed by atoms with E-state index in [-0.39, 0.29) is 22.7 Å². The molecule has 1 fully saturated rings. The molecule has 8 nitrogen and oxygen atoms in total. The second-order valence-electron chi connectivity index (χ2n) is 10.7. The molecule has 0 unspecified atom stereocenters. The van der Waals surface area contributed by atoms with Crippen LogP contribution in [-0.2, 0) is 12.7 Å². The molecule has 1 aliphatic heterocycles. The Labute approximate surface area is 246 Å². The molecule has 5 rings (SSSR count).